The number of nitrogens with zero attached hydrogens (tertiary/aromatic N) is 1. The summed E-state index contributed by atoms with van der Waals surface area (Å²) >= 11 is 4.44. The molecule has 2 heterocycles. The van der Waals surface area contributed by atoms with Crippen molar-refractivity contribution in [2.75, 3.05) is 11.4 Å². The number of amides is 1. The molecular weight excluding hydrogens is 400 g/mol. The van der Waals surface area contributed by atoms with Crippen molar-refractivity contribution in [1.29, 1.82) is 0 Å². The number of fused-ring (bicyclic) bond motifs is 1. The molecule has 1 amide bonds. The molecule has 0 bridgehead atoms. The third-order valence-electron chi connectivity index (χ3n) is 3.70. The van der Waals surface area contributed by atoms with Crippen LogP contribution in [0.3, 0.4) is 0 Å². The first kappa shape index (κ1) is 16.6. The highest BCUT2D eigenvalue weighted by Gasteiger charge is 2.22. The van der Waals surface area contributed by atoms with Gasteiger partial charge >= 0.3 is 0 Å². The molecule has 0 fully saturated rings. The van der Waals surface area contributed by atoms with E-state index in [1.807, 2.05) is 18.2 Å². The Labute approximate surface area is 147 Å². The minimum absolute atomic E-state index is 0.0282. The van der Waals surface area contributed by atoms with E-state index in [1.165, 1.54) is 11.3 Å². The van der Waals surface area contributed by atoms with Crippen LogP contribution in [-0.4, -0.2) is 20.9 Å². The topological polar surface area (TPSA) is 66.5 Å². The van der Waals surface area contributed by atoms with Crippen molar-refractivity contribution in [3.63, 3.8) is 0 Å². The van der Waals surface area contributed by atoms with Gasteiger partial charge in [0.2, 0.25) is 15.9 Å². The number of nitrogens with one attached hydrogen (secondary N) is 1. The molecule has 0 radical (unpaired) electrons. The van der Waals surface area contributed by atoms with Gasteiger partial charge in [0.1, 0.15) is 4.21 Å². The third kappa shape index (κ3) is 3.50. The maximum absolute atomic E-state index is 12.2. The van der Waals surface area contributed by atoms with Crippen LogP contribution in [0.25, 0.3) is 0 Å². The standard InChI is InChI=1S/C15H15BrN2O3S2/c1-10(19)18-7-6-12-8-11(2-3-13(12)18)9-17-23(20,21)15-5-4-14(16)22-15/h2-5,8,17H,6-7,9H2,1H3. The number of hydrogen-bond acceptors (Lipinski definition) is 4. The van der Waals surface area contributed by atoms with Crippen molar-refractivity contribution in [3.05, 3.63) is 45.2 Å². The molecule has 1 aromatic carbocycles. The minimum atomic E-state index is -3.50. The van der Waals surface area contributed by atoms with Crippen molar-refractivity contribution >= 4 is 48.9 Å². The Balaban J connectivity index is 1.74. The number of anilines is 1. The molecule has 23 heavy (non-hydrogen) atoms. The number of halogens is 1. The number of rotatable bonds is 4. The Kier molecular flexibility index (Phi) is 4.59. The molecule has 0 atom stereocenters. The van der Waals surface area contributed by atoms with Crippen molar-refractivity contribution in [2.24, 2.45) is 0 Å². The maximum Gasteiger partial charge on any atom is 0.250 e. The van der Waals surface area contributed by atoms with Crippen LogP contribution in [-0.2, 0) is 27.8 Å². The first-order valence-electron chi connectivity index (χ1n) is 7.02. The lowest BCUT2D eigenvalue weighted by Gasteiger charge is -2.15. The number of thiophene rings is 1. The van der Waals surface area contributed by atoms with Gasteiger partial charge in [-0.1, -0.05) is 12.1 Å². The second kappa shape index (κ2) is 6.35. The van der Waals surface area contributed by atoms with Crippen LogP contribution in [0.4, 0.5) is 5.69 Å². The van der Waals surface area contributed by atoms with Gasteiger partial charge < -0.3 is 4.90 Å². The van der Waals surface area contributed by atoms with E-state index < -0.39 is 10.0 Å². The van der Waals surface area contributed by atoms with Gasteiger partial charge in [-0.3, -0.25) is 4.79 Å². The molecule has 0 unspecified atom stereocenters. The number of carbonyl (C=O) groups excluding carboxylic acids is 1. The van der Waals surface area contributed by atoms with Crippen molar-refractivity contribution < 1.29 is 13.2 Å². The molecule has 122 valence electrons. The molecule has 5 nitrogen and oxygen atoms in total. The lowest BCUT2D eigenvalue weighted by molar-refractivity contribution is -0.116. The lowest BCUT2D eigenvalue weighted by Crippen LogP contribution is -2.25. The Bertz CT molecular complexity index is 861. The molecule has 1 aliphatic rings. The minimum Gasteiger partial charge on any atom is -0.312 e. The van der Waals surface area contributed by atoms with E-state index in [4.69, 9.17) is 0 Å². The molecular formula is C15H15BrN2O3S2. The summed E-state index contributed by atoms with van der Waals surface area (Å²) in [5.41, 5.74) is 2.88. The molecule has 0 saturated heterocycles. The molecule has 0 spiro atoms. The van der Waals surface area contributed by atoms with Crippen molar-refractivity contribution in [2.45, 2.75) is 24.1 Å². The fourth-order valence-corrected chi connectivity index (χ4v) is 5.66. The summed E-state index contributed by atoms with van der Waals surface area (Å²) < 4.78 is 28.1. The fourth-order valence-electron chi connectivity index (χ4n) is 2.58. The zero-order valence-corrected chi connectivity index (χ0v) is 15.6. The molecule has 3 rings (SSSR count). The number of benzene rings is 1. The summed E-state index contributed by atoms with van der Waals surface area (Å²) in [5.74, 6) is 0.0282. The predicted molar refractivity (Wildman–Crippen MR) is 94.2 cm³/mol. The van der Waals surface area contributed by atoms with Gasteiger partial charge in [0.05, 0.1) is 3.79 Å². The predicted octanol–water partition coefficient (Wildman–Crippen LogP) is 2.90. The fraction of sp³-hybridized carbons (Fsp3) is 0.267. The average molecular weight is 415 g/mol. The molecule has 1 N–H and O–H groups in total. The summed E-state index contributed by atoms with van der Waals surface area (Å²) in [6.45, 7) is 2.46. The maximum atomic E-state index is 12.2. The van der Waals surface area contributed by atoms with Gasteiger partial charge in [-0.05, 0) is 51.7 Å². The second-order valence-corrected chi connectivity index (χ2v) is 9.72. The summed E-state index contributed by atoms with van der Waals surface area (Å²) in [7, 11) is -3.50. The Morgan fingerprint density at radius 1 is 1.35 bits per heavy atom. The molecule has 8 heteroatoms. The van der Waals surface area contributed by atoms with Crippen LogP contribution >= 0.6 is 27.3 Å². The van der Waals surface area contributed by atoms with Crippen LogP contribution in [0.5, 0.6) is 0 Å². The first-order chi connectivity index (χ1) is 10.9. The van der Waals surface area contributed by atoms with Gasteiger partial charge in [-0.2, -0.15) is 0 Å². The molecule has 1 aromatic heterocycles. The first-order valence-corrected chi connectivity index (χ1v) is 10.1. The smallest absolute Gasteiger partial charge is 0.250 e. The van der Waals surface area contributed by atoms with Gasteiger partial charge in [0.15, 0.2) is 0 Å². The Hall–Kier alpha value is -1.22. The van der Waals surface area contributed by atoms with Crippen LogP contribution in [0.1, 0.15) is 18.1 Å². The van der Waals surface area contributed by atoms with E-state index in [0.29, 0.717) is 6.54 Å². The largest absolute Gasteiger partial charge is 0.312 e. The van der Waals surface area contributed by atoms with E-state index in [-0.39, 0.29) is 16.7 Å². The Morgan fingerprint density at radius 2 is 2.13 bits per heavy atom. The van der Waals surface area contributed by atoms with Gasteiger partial charge in [0.25, 0.3) is 0 Å². The van der Waals surface area contributed by atoms with Crippen LogP contribution in [0, 0.1) is 0 Å². The average Bonchev–Trinajstić information content (AvgIpc) is 3.11. The van der Waals surface area contributed by atoms with Crippen LogP contribution in [0.2, 0.25) is 0 Å². The highest BCUT2D eigenvalue weighted by molar-refractivity contribution is 9.11. The summed E-state index contributed by atoms with van der Waals surface area (Å²) in [5, 5.41) is 0. The highest BCUT2D eigenvalue weighted by atomic mass is 79.9. The normalized spacial score (nSPS) is 14.1. The van der Waals surface area contributed by atoms with Crippen molar-refractivity contribution in [1.82, 2.24) is 4.72 Å². The monoisotopic (exact) mass is 414 g/mol. The highest BCUT2D eigenvalue weighted by Crippen LogP contribution is 2.29. The van der Waals surface area contributed by atoms with Crippen LogP contribution < -0.4 is 9.62 Å². The molecule has 1 aliphatic heterocycles. The van der Waals surface area contributed by atoms with Crippen molar-refractivity contribution in [3.8, 4) is 0 Å². The molecule has 0 aliphatic carbocycles. The lowest BCUT2D eigenvalue weighted by atomic mass is 10.1. The van der Waals surface area contributed by atoms with E-state index in [0.717, 1.165) is 27.0 Å². The van der Waals surface area contributed by atoms with E-state index in [1.54, 1.807) is 24.0 Å². The van der Waals surface area contributed by atoms with E-state index >= 15 is 0 Å². The van der Waals surface area contributed by atoms with Crippen LogP contribution in [0.15, 0.2) is 38.3 Å². The number of hydrogen-bond donors (Lipinski definition) is 1. The third-order valence-corrected chi connectivity index (χ3v) is 7.22. The van der Waals surface area contributed by atoms with Gasteiger partial charge in [-0.15, -0.1) is 11.3 Å². The Morgan fingerprint density at radius 3 is 2.78 bits per heavy atom. The van der Waals surface area contributed by atoms with Gasteiger partial charge in [-0.25, -0.2) is 13.1 Å². The van der Waals surface area contributed by atoms with E-state index in [9.17, 15) is 13.2 Å². The van der Waals surface area contributed by atoms with Gasteiger partial charge in [0, 0.05) is 25.7 Å². The quantitative estimate of drug-likeness (QED) is 0.835. The second-order valence-electron chi connectivity index (χ2n) is 5.27. The SMILES string of the molecule is CC(=O)N1CCc2cc(CNS(=O)(=O)c3ccc(Br)s3)ccc21. The molecule has 0 saturated carbocycles. The van der Waals surface area contributed by atoms with E-state index in [2.05, 4.69) is 20.7 Å². The number of sulfonamides is 1. The molecule has 2 aromatic rings. The summed E-state index contributed by atoms with van der Waals surface area (Å²) in [6.07, 6.45) is 0.799. The summed E-state index contributed by atoms with van der Waals surface area (Å²) in [6, 6.07) is 8.99. The number of carbonyl (C=O) groups is 1. The summed E-state index contributed by atoms with van der Waals surface area (Å²) in [4.78, 5) is 13.3. The zero-order chi connectivity index (χ0) is 16.6. The zero-order valence-electron chi connectivity index (χ0n) is 12.4.